The Balaban J connectivity index is 2.05. The largest absolute Gasteiger partial charge is 0.465 e. The minimum atomic E-state index is -0.414. The second-order valence-electron chi connectivity index (χ2n) is 4.54. The van der Waals surface area contributed by atoms with Crippen LogP contribution in [0.15, 0.2) is 30.6 Å². The smallest absolute Gasteiger partial charge is 0.337 e. The van der Waals surface area contributed by atoms with Gasteiger partial charge in [0.05, 0.1) is 24.6 Å². The molecule has 21 heavy (non-hydrogen) atoms. The van der Waals surface area contributed by atoms with E-state index in [0.29, 0.717) is 16.9 Å². The topological polar surface area (TPSA) is 99.2 Å². The van der Waals surface area contributed by atoms with Crippen LogP contribution in [0.4, 0.5) is 11.4 Å². The van der Waals surface area contributed by atoms with Gasteiger partial charge in [-0.05, 0) is 30.7 Å². The van der Waals surface area contributed by atoms with E-state index in [2.05, 4.69) is 15.2 Å². The number of anilines is 2. The molecule has 0 saturated carbocycles. The molecule has 1 heterocycles. The number of aryl methyl sites for hydroxylation is 1. The van der Waals surface area contributed by atoms with Crippen molar-refractivity contribution in [2.75, 3.05) is 18.2 Å². The third-order valence-electron chi connectivity index (χ3n) is 2.88. The molecule has 0 spiro atoms. The number of amides is 1. The highest BCUT2D eigenvalue weighted by atomic mass is 16.5. The Hall–Kier alpha value is -2.83. The lowest BCUT2D eigenvalue weighted by Gasteiger charge is -2.09. The van der Waals surface area contributed by atoms with Crippen molar-refractivity contribution in [2.24, 2.45) is 0 Å². The van der Waals surface area contributed by atoms with E-state index in [1.54, 1.807) is 31.3 Å². The van der Waals surface area contributed by atoms with Crippen LogP contribution in [-0.4, -0.2) is 28.8 Å². The van der Waals surface area contributed by atoms with Crippen LogP contribution >= 0.6 is 0 Å². The molecular weight excluding hydrogens is 272 g/mol. The molecule has 2 aromatic rings. The molecule has 0 bridgehead atoms. The lowest BCUT2D eigenvalue weighted by molar-refractivity contribution is -0.116. The van der Waals surface area contributed by atoms with Gasteiger partial charge in [-0.2, -0.15) is 5.10 Å². The highest BCUT2D eigenvalue weighted by molar-refractivity contribution is 5.94. The number of nitrogens with zero attached hydrogens (tertiary/aromatic N) is 2. The summed E-state index contributed by atoms with van der Waals surface area (Å²) >= 11 is 0. The SMILES string of the molecule is COC(=O)c1ccc(NC(=O)Cn2cc(N)cn2)c(C)c1. The number of carbonyl (C=O) groups excluding carboxylic acids is 2. The average Bonchev–Trinajstić information content (AvgIpc) is 2.85. The van der Waals surface area contributed by atoms with Crippen LogP contribution in [0.3, 0.4) is 0 Å². The van der Waals surface area contributed by atoms with Crippen molar-refractivity contribution in [3.05, 3.63) is 41.7 Å². The summed E-state index contributed by atoms with van der Waals surface area (Å²) in [5, 5.41) is 6.70. The van der Waals surface area contributed by atoms with Crippen molar-refractivity contribution in [1.82, 2.24) is 9.78 Å². The number of nitrogen functional groups attached to an aromatic ring is 1. The van der Waals surface area contributed by atoms with E-state index in [0.717, 1.165) is 5.56 Å². The van der Waals surface area contributed by atoms with E-state index in [1.807, 2.05) is 0 Å². The van der Waals surface area contributed by atoms with Crippen molar-refractivity contribution in [3.63, 3.8) is 0 Å². The number of methoxy groups -OCH3 is 1. The molecule has 0 unspecified atom stereocenters. The molecule has 1 aromatic carbocycles. The fourth-order valence-corrected chi connectivity index (χ4v) is 1.85. The highest BCUT2D eigenvalue weighted by Crippen LogP contribution is 2.17. The summed E-state index contributed by atoms with van der Waals surface area (Å²) < 4.78 is 6.09. The van der Waals surface area contributed by atoms with Gasteiger partial charge in [0.25, 0.3) is 0 Å². The number of rotatable bonds is 4. The Morgan fingerprint density at radius 3 is 2.76 bits per heavy atom. The van der Waals surface area contributed by atoms with Crippen molar-refractivity contribution in [1.29, 1.82) is 0 Å². The van der Waals surface area contributed by atoms with Crippen LogP contribution in [0, 0.1) is 6.92 Å². The molecule has 0 aliphatic carbocycles. The second kappa shape index (κ2) is 6.08. The summed E-state index contributed by atoms with van der Waals surface area (Å²) in [6, 6.07) is 4.92. The molecule has 0 fully saturated rings. The minimum absolute atomic E-state index is 0.0649. The molecule has 7 nitrogen and oxygen atoms in total. The number of hydrogen-bond donors (Lipinski definition) is 2. The van der Waals surface area contributed by atoms with Gasteiger partial charge in [-0.25, -0.2) is 4.79 Å². The van der Waals surface area contributed by atoms with Crippen LogP contribution < -0.4 is 11.1 Å². The Morgan fingerprint density at radius 1 is 1.43 bits per heavy atom. The molecule has 1 aromatic heterocycles. The quantitative estimate of drug-likeness (QED) is 0.823. The first kappa shape index (κ1) is 14.6. The van der Waals surface area contributed by atoms with Crippen LogP contribution in [0.5, 0.6) is 0 Å². The van der Waals surface area contributed by atoms with Crippen LogP contribution in [0.1, 0.15) is 15.9 Å². The summed E-state index contributed by atoms with van der Waals surface area (Å²) in [5.41, 5.74) is 7.87. The number of hydrogen-bond acceptors (Lipinski definition) is 5. The summed E-state index contributed by atoms with van der Waals surface area (Å²) in [6.07, 6.45) is 3.05. The number of benzene rings is 1. The molecule has 110 valence electrons. The molecule has 0 aliphatic rings. The predicted molar refractivity (Wildman–Crippen MR) is 77.8 cm³/mol. The van der Waals surface area contributed by atoms with Crippen molar-refractivity contribution < 1.29 is 14.3 Å². The fourth-order valence-electron chi connectivity index (χ4n) is 1.85. The number of nitrogens with one attached hydrogen (secondary N) is 1. The first-order chi connectivity index (χ1) is 9.99. The lowest BCUT2D eigenvalue weighted by Crippen LogP contribution is -2.19. The van der Waals surface area contributed by atoms with Crippen molar-refractivity contribution >= 4 is 23.3 Å². The maximum absolute atomic E-state index is 11.9. The summed E-state index contributed by atoms with van der Waals surface area (Å²) in [4.78, 5) is 23.3. The van der Waals surface area contributed by atoms with Gasteiger partial charge in [0.15, 0.2) is 0 Å². The molecule has 0 aliphatic heterocycles. The zero-order valence-electron chi connectivity index (χ0n) is 11.8. The predicted octanol–water partition coefficient (Wildman–Crippen LogP) is 1.20. The Bertz CT molecular complexity index is 679. The van der Waals surface area contributed by atoms with Crippen molar-refractivity contribution in [2.45, 2.75) is 13.5 Å². The Morgan fingerprint density at radius 2 is 2.19 bits per heavy atom. The molecule has 0 saturated heterocycles. The van der Waals surface area contributed by atoms with Crippen molar-refractivity contribution in [3.8, 4) is 0 Å². The van der Waals surface area contributed by atoms with E-state index in [1.165, 1.54) is 18.0 Å². The number of ether oxygens (including phenoxy) is 1. The van der Waals surface area contributed by atoms with Gasteiger partial charge in [-0.1, -0.05) is 0 Å². The zero-order chi connectivity index (χ0) is 15.4. The molecule has 0 radical (unpaired) electrons. The van der Waals surface area contributed by atoms with Gasteiger partial charge in [0, 0.05) is 11.9 Å². The van der Waals surface area contributed by atoms with Gasteiger partial charge >= 0.3 is 5.97 Å². The first-order valence-corrected chi connectivity index (χ1v) is 6.26. The molecule has 3 N–H and O–H groups in total. The maximum atomic E-state index is 11.9. The van der Waals surface area contributed by atoms with E-state index in [-0.39, 0.29) is 12.5 Å². The number of carbonyl (C=O) groups is 2. The molecule has 7 heteroatoms. The molecular formula is C14H16N4O3. The number of aromatic nitrogens is 2. The highest BCUT2D eigenvalue weighted by Gasteiger charge is 2.10. The summed E-state index contributed by atoms with van der Waals surface area (Å²) in [6.45, 7) is 1.86. The molecule has 0 atom stereocenters. The monoisotopic (exact) mass is 288 g/mol. The van der Waals surface area contributed by atoms with Crippen LogP contribution in [0.25, 0.3) is 0 Å². The lowest BCUT2D eigenvalue weighted by atomic mass is 10.1. The van der Waals surface area contributed by atoms with E-state index < -0.39 is 5.97 Å². The summed E-state index contributed by atoms with van der Waals surface area (Å²) in [5.74, 6) is -0.644. The van der Waals surface area contributed by atoms with Gasteiger partial charge < -0.3 is 15.8 Å². The van der Waals surface area contributed by atoms with Gasteiger partial charge in [-0.15, -0.1) is 0 Å². The van der Waals surface area contributed by atoms with Gasteiger partial charge in [-0.3, -0.25) is 9.48 Å². The average molecular weight is 288 g/mol. The number of nitrogens with two attached hydrogens (primary N) is 1. The van der Waals surface area contributed by atoms with Gasteiger partial charge in [0.2, 0.25) is 5.91 Å². The third kappa shape index (κ3) is 3.59. The standard InChI is InChI=1S/C14H16N4O3/c1-9-5-10(14(20)21-2)3-4-12(9)17-13(19)8-18-7-11(15)6-16-18/h3-7H,8,15H2,1-2H3,(H,17,19). The maximum Gasteiger partial charge on any atom is 0.337 e. The van der Waals surface area contributed by atoms with E-state index in [9.17, 15) is 9.59 Å². The summed E-state index contributed by atoms with van der Waals surface area (Å²) in [7, 11) is 1.32. The first-order valence-electron chi connectivity index (χ1n) is 6.26. The minimum Gasteiger partial charge on any atom is -0.465 e. The third-order valence-corrected chi connectivity index (χ3v) is 2.88. The molecule has 1 amide bonds. The van der Waals surface area contributed by atoms with Crippen LogP contribution in [-0.2, 0) is 16.1 Å². The van der Waals surface area contributed by atoms with E-state index in [4.69, 9.17) is 5.73 Å². The van der Waals surface area contributed by atoms with Gasteiger partial charge in [0.1, 0.15) is 6.54 Å². The van der Waals surface area contributed by atoms with Crippen LogP contribution in [0.2, 0.25) is 0 Å². The number of esters is 1. The fraction of sp³-hybridized carbons (Fsp3) is 0.214. The second-order valence-corrected chi connectivity index (χ2v) is 4.54. The Labute approximate surface area is 121 Å². The normalized spacial score (nSPS) is 10.2. The Kier molecular flexibility index (Phi) is 4.22. The molecule has 2 rings (SSSR count). The zero-order valence-corrected chi connectivity index (χ0v) is 11.8. The van der Waals surface area contributed by atoms with E-state index >= 15 is 0 Å².